The molecule has 0 fully saturated rings. The van der Waals surface area contributed by atoms with Crippen LogP contribution in [-0.4, -0.2) is 59.4 Å². The molecule has 0 rings (SSSR count). The van der Waals surface area contributed by atoms with E-state index in [0.717, 1.165) is 0 Å². The van der Waals surface area contributed by atoms with Crippen molar-refractivity contribution in [1.82, 2.24) is 0 Å². The van der Waals surface area contributed by atoms with Crippen LogP contribution in [0.5, 0.6) is 0 Å². The van der Waals surface area contributed by atoms with Crippen molar-refractivity contribution in [3.05, 3.63) is 0 Å². The van der Waals surface area contributed by atoms with Crippen LogP contribution in [0.25, 0.3) is 0 Å². The maximum Gasteiger partial charge on any atom is 0.264 e. The van der Waals surface area contributed by atoms with Gasteiger partial charge in [0.05, 0.1) is 24.5 Å². The molecule has 0 saturated carbocycles. The zero-order valence-corrected chi connectivity index (χ0v) is 10.3. The van der Waals surface area contributed by atoms with Crippen molar-refractivity contribution in [2.75, 3.05) is 25.6 Å². The molecule has 0 spiro atoms. The maximum absolute atomic E-state index is 9.56. The lowest BCUT2D eigenvalue weighted by Crippen LogP contribution is -2.53. The van der Waals surface area contributed by atoms with Crippen LogP contribution in [0.1, 0.15) is 13.8 Å². The molecule has 7 nitrogen and oxygen atoms in total. The summed E-state index contributed by atoms with van der Waals surface area (Å²) in [6, 6.07) is 0. The Bertz CT molecular complexity index is 262. The Morgan fingerprint density at radius 1 is 1.25 bits per heavy atom. The molecular weight excluding hydrogens is 238 g/mol. The normalized spacial score (nSPS) is 13.9. The molecule has 1 atom stereocenters. The molecule has 0 amide bonds. The van der Waals surface area contributed by atoms with E-state index in [1.54, 1.807) is 6.92 Å². The van der Waals surface area contributed by atoms with Crippen LogP contribution >= 0.6 is 0 Å². The lowest BCUT2D eigenvalue weighted by atomic mass is 9.88. The second kappa shape index (κ2) is 7.93. The molecule has 1 unspecified atom stereocenters. The van der Waals surface area contributed by atoms with Gasteiger partial charge in [0.25, 0.3) is 10.1 Å². The number of nitrogens with two attached hydrogens (primary N) is 1. The highest BCUT2D eigenvalue weighted by molar-refractivity contribution is 7.85. The molecule has 16 heavy (non-hydrogen) atoms. The first-order chi connectivity index (χ1) is 7.16. The van der Waals surface area contributed by atoms with Crippen molar-refractivity contribution in [1.29, 1.82) is 0 Å². The van der Waals surface area contributed by atoms with Gasteiger partial charge in [0.1, 0.15) is 0 Å². The summed E-state index contributed by atoms with van der Waals surface area (Å²) in [5, 5.41) is 26.0. The van der Waals surface area contributed by atoms with Gasteiger partial charge in [-0.05, 0) is 6.92 Å². The van der Waals surface area contributed by atoms with Gasteiger partial charge in [-0.2, -0.15) is 8.42 Å². The van der Waals surface area contributed by atoms with Crippen LogP contribution in [0.4, 0.5) is 0 Å². The van der Waals surface area contributed by atoms with Gasteiger partial charge in [0.2, 0.25) is 0 Å². The summed E-state index contributed by atoms with van der Waals surface area (Å²) in [4.78, 5) is 0. The summed E-state index contributed by atoms with van der Waals surface area (Å²) in [5.74, 6) is -0.491. The number of aliphatic hydroxyl groups is 3. The van der Waals surface area contributed by atoms with Gasteiger partial charge >= 0.3 is 0 Å². The van der Waals surface area contributed by atoms with Gasteiger partial charge in [-0.15, -0.1) is 0 Å². The first-order valence-electron chi connectivity index (χ1n) is 4.73. The second-order valence-corrected chi connectivity index (χ2v) is 5.24. The van der Waals surface area contributed by atoms with Gasteiger partial charge in [-0.25, -0.2) is 0 Å². The Labute approximate surface area is 95.7 Å². The average Bonchev–Trinajstić information content (AvgIpc) is 2.26. The smallest absolute Gasteiger partial charge is 0.264 e. The number of rotatable bonds is 5. The predicted octanol–water partition coefficient (Wildman–Crippen LogP) is -1.81. The molecule has 0 aliphatic carbocycles. The molecule has 100 valence electrons. The number of hydrogen-bond donors (Lipinski definition) is 5. The minimum atomic E-state index is -3.66. The Kier molecular flexibility index (Phi) is 8.99. The van der Waals surface area contributed by atoms with Crippen molar-refractivity contribution < 1.29 is 28.3 Å². The van der Waals surface area contributed by atoms with Crippen molar-refractivity contribution in [2.24, 2.45) is 11.7 Å². The molecule has 0 saturated heterocycles. The summed E-state index contributed by atoms with van der Waals surface area (Å²) >= 11 is 0. The van der Waals surface area contributed by atoms with Crippen LogP contribution in [0.2, 0.25) is 0 Å². The summed E-state index contributed by atoms with van der Waals surface area (Å²) in [6.45, 7) is 2.29. The van der Waals surface area contributed by atoms with Crippen LogP contribution in [0.3, 0.4) is 0 Å². The van der Waals surface area contributed by atoms with Crippen molar-refractivity contribution in [3.8, 4) is 0 Å². The van der Waals surface area contributed by atoms with E-state index in [1.807, 2.05) is 0 Å². The average molecular weight is 259 g/mol. The highest BCUT2D eigenvalue weighted by Gasteiger charge is 2.29. The SMILES string of the molecule is CC(CO)C(N)(CO)CO.CCS(=O)(=O)O. The fraction of sp³-hybridized carbons (Fsp3) is 1.00. The predicted molar refractivity (Wildman–Crippen MR) is 59.4 cm³/mol. The van der Waals surface area contributed by atoms with Crippen LogP contribution < -0.4 is 5.73 Å². The van der Waals surface area contributed by atoms with E-state index >= 15 is 0 Å². The van der Waals surface area contributed by atoms with Gasteiger partial charge < -0.3 is 21.1 Å². The quantitative estimate of drug-likeness (QED) is 0.366. The first kappa shape index (κ1) is 18.1. The zero-order valence-electron chi connectivity index (χ0n) is 9.50. The molecule has 0 radical (unpaired) electrons. The minimum absolute atomic E-state index is 0.127. The monoisotopic (exact) mass is 259 g/mol. The molecule has 0 aromatic carbocycles. The summed E-state index contributed by atoms with van der Waals surface area (Å²) in [5.41, 5.74) is 4.44. The highest BCUT2D eigenvalue weighted by Crippen LogP contribution is 2.11. The van der Waals surface area contributed by atoms with E-state index in [-0.39, 0.29) is 31.5 Å². The van der Waals surface area contributed by atoms with Crippen LogP contribution in [0.15, 0.2) is 0 Å². The molecule has 0 aromatic heterocycles. The van der Waals surface area contributed by atoms with E-state index in [4.69, 9.17) is 25.6 Å². The highest BCUT2D eigenvalue weighted by atomic mass is 32.2. The van der Waals surface area contributed by atoms with Crippen molar-refractivity contribution in [3.63, 3.8) is 0 Å². The Morgan fingerprint density at radius 2 is 1.56 bits per heavy atom. The molecule has 0 heterocycles. The van der Waals surface area contributed by atoms with Gasteiger partial charge in [-0.1, -0.05) is 6.92 Å². The Hall–Kier alpha value is -0.250. The molecule has 6 N–H and O–H groups in total. The molecule has 0 aliphatic heterocycles. The van der Waals surface area contributed by atoms with Crippen molar-refractivity contribution in [2.45, 2.75) is 19.4 Å². The third-order valence-corrected chi connectivity index (χ3v) is 2.94. The number of aliphatic hydroxyl groups excluding tert-OH is 3. The van der Waals surface area contributed by atoms with Crippen molar-refractivity contribution >= 4 is 10.1 Å². The summed E-state index contributed by atoms with van der Waals surface area (Å²) in [6.07, 6.45) is 0. The molecule has 0 bridgehead atoms. The summed E-state index contributed by atoms with van der Waals surface area (Å²) in [7, 11) is -3.66. The lowest BCUT2D eigenvalue weighted by molar-refractivity contribution is 0.0548. The largest absolute Gasteiger partial charge is 0.396 e. The third-order valence-electron chi connectivity index (χ3n) is 2.21. The van der Waals surface area contributed by atoms with E-state index in [9.17, 15) is 8.42 Å². The fourth-order valence-electron chi connectivity index (χ4n) is 0.543. The van der Waals surface area contributed by atoms with Gasteiger partial charge in [-0.3, -0.25) is 4.55 Å². The van der Waals surface area contributed by atoms with E-state index in [2.05, 4.69) is 0 Å². The molecular formula is C8H21NO6S. The number of hydrogen-bond acceptors (Lipinski definition) is 6. The maximum atomic E-state index is 9.56. The summed E-state index contributed by atoms with van der Waals surface area (Å²) < 4.78 is 26.9. The fourth-order valence-corrected chi connectivity index (χ4v) is 0.543. The molecule has 8 heteroatoms. The standard InChI is InChI=1S/C6H15NO3.C2H6O3S/c1-5(2-8)6(7,3-9)4-10;1-2-6(3,4)5/h5,8-10H,2-4,7H2,1H3;2H2,1H3,(H,3,4,5). The van der Waals surface area contributed by atoms with Gasteiger partial charge in [0.15, 0.2) is 0 Å². The molecule has 0 aliphatic rings. The first-order valence-corrected chi connectivity index (χ1v) is 6.34. The van der Waals surface area contributed by atoms with E-state index in [1.165, 1.54) is 6.92 Å². The Balaban J connectivity index is 0. The van der Waals surface area contributed by atoms with Crippen LogP contribution in [-0.2, 0) is 10.1 Å². The van der Waals surface area contributed by atoms with Crippen LogP contribution in [0, 0.1) is 5.92 Å². The minimum Gasteiger partial charge on any atom is -0.396 e. The Morgan fingerprint density at radius 3 is 1.62 bits per heavy atom. The van der Waals surface area contributed by atoms with Gasteiger partial charge in [0, 0.05) is 12.5 Å². The zero-order chi connectivity index (χ0) is 13.4. The third kappa shape index (κ3) is 7.97. The van der Waals surface area contributed by atoms with E-state index in [0.29, 0.717) is 0 Å². The second-order valence-electron chi connectivity index (χ2n) is 3.50. The van der Waals surface area contributed by atoms with E-state index < -0.39 is 15.7 Å². The lowest BCUT2D eigenvalue weighted by Gasteiger charge is -2.30. The molecule has 0 aromatic rings. The topological polar surface area (TPSA) is 141 Å².